The number of fused-ring (bicyclic) bond motifs is 5. The molecule has 0 saturated heterocycles. The van der Waals surface area contributed by atoms with Crippen molar-refractivity contribution in [3.05, 3.63) is 22.5 Å². The van der Waals surface area contributed by atoms with Gasteiger partial charge in [0.05, 0.1) is 10.5 Å². The zero-order valence-electron chi connectivity index (χ0n) is 18.7. The third kappa shape index (κ3) is 3.53. The monoisotopic (exact) mass is 429 g/mol. The first-order chi connectivity index (χ1) is 14.7. The molecule has 0 unspecified atom stereocenters. The Hall–Kier alpha value is -1.76. The molecule has 5 rings (SSSR count). The maximum atomic E-state index is 13.3. The van der Waals surface area contributed by atoms with Crippen LogP contribution >= 0.6 is 0 Å². The van der Waals surface area contributed by atoms with Crippen molar-refractivity contribution in [2.45, 2.75) is 83.8 Å². The van der Waals surface area contributed by atoms with Gasteiger partial charge in [-0.2, -0.15) is 5.10 Å². The number of ketones is 1. The molecular formula is C24H35N3O4. The molecule has 0 bridgehead atoms. The van der Waals surface area contributed by atoms with Crippen LogP contribution in [0.5, 0.6) is 0 Å². The van der Waals surface area contributed by atoms with Gasteiger partial charge in [-0.05, 0) is 99.7 Å². The first-order valence-electron chi connectivity index (χ1n) is 12.1. The van der Waals surface area contributed by atoms with E-state index in [1.165, 1.54) is 36.3 Å². The van der Waals surface area contributed by atoms with Gasteiger partial charge in [0, 0.05) is 5.92 Å². The highest BCUT2D eigenvalue weighted by Crippen LogP contribution is 2.64. The average molecular weight is 430 g/mol. The molecule has 4 fully saturated rings. The normalized spacial score (nSPS) is 44.2. The van der Waals surface area contributed by atoms with E-state index in [1.54, 1.807) is 0 Å². The quantitative estimate of drug-likeness (QED) is 0.566. The van der Waals surface area contributed by atoms with Crippen LogP contribution in [0.3, 0.4) is 0 Å². The summed E-state index contributed by atoms with van der Waals surface area (Å²) < 4.78 is 1.43. The molecule has 7 heteroatoms. The van der Waals surface area contributed by atoms with Crippen LogP contribution in [0.25, 0.3) is 0 Å². The molecule has 0 radical (unpaired) electrons. The summed E-state index contributed by atoms with van der Waals surface area (Å²) in [4.78, 5) is 23.7. The molecule has 31 heavy (non-hydrogen) atoms. The molecule has 170 valence electrons. The Morgan fingerprint density at radius 1 is 1.16 bits per heavy atom. The van der Waals surface area contributed by atoms with E-state index in [0.29, 0.717) is 17.8 Å². The van der Waals surface area contributed by atoms with E-state index in [2.05, 4.69) is 12.0 Å². The zero-order valence-corrected chi connectivity index (χ0v) is 18.7. The molecule has 4 aliphatic rings. The van der Waals surface area contributed by atoms with E-state index in [9.17, 15) is 20.0 Å². The second kappa shape index (κ2) is 7.39. The number of hydrogen-bond donors (Lipinski definition) is 1. The van der Waals surface area contributed by atoms with Gasteiger partial charge in [0.1, 0.15) is 18.9 Å². The number of aliphatic hydroxyl groups is 1. The minimum atomic E-state index is -0.483. The molecule has 1 aromatic rings. The van der Waals surface area contributed by atoms with Gasteiger partial charge < -0.3 is 5.11 Å². The largest absolute Gasteiger partial charge is 0.390 e. The van der Waals surface area contributed by atoms with Gasteiger partial charge >= 0.3 is 5.69 Å². The van der Waals surface area contributed by atoms with E-state index >= 15 is 0 Å². The topological polar surface area (TPSA) is 98.3 Å². The van der Waals surface area contributed by atoms with Crippen LogP contribution in [0.4, 0.5) is 5.69 Å². The molecule has 0 aromatic carbocycles. The van der Waals surface area contributed by atoms with Gasteiger partial charge in [-0.15, -0.1) is 0 Å². The third-order valence-corrected chi connectivity index (χ3v) is 9.77. The Kier molecular flexibility index (Phi) is 5.03. The van der Waals surface area contributed by atoms with Crippen LogP contribution in [0.1, 0.15) is 71.6 Å². The van der Waals surface area contributed by atoms with Gasteiger partial charge in [-0.25, -0.2) is 0 Å². The summed E-state index contributed by atoms with van der Waals surface area (Å²) in [5.74, 6) is 3.72. The average Bonchev–Trinajstić information content (AvgIpc) is 3.31. The lowest BCUT2D eigenvalue weighted by molar-refractivity contribution is -0.385. The lowest BCUT2D eigenvalue weighted by Gasteiger charge is -2.56. The molecule has 4 saturated carbocycles. The SMILES string of the molecule is C[C@@]1(O)CC[C@H]2[C@H](CC[C@@H]3[C@@H]2CC[C@]2(C)[C@@H](C(=O)Cn4cc([N+](=O)[O-])cn4)CC[C@@H]32)C1. The molecule has 4 aliphatic carbocycles. The number of carbonyl (C=O) groups excluding carboxylic acids is 1. The van der Waals surface area contributed by atoms with Crippen LogP contribution in [0, 0.1) is 51.0 Å². The molecule has 7 nitrogen and oxygen atoms in total. The third-order valence-electron chi connectivity index (χ3n) is 9.77. The van der Waals surface area contributed by atoms with Gasteiger partial charge in [0.25, 0.3) is 0 Å². The lowest BCUT2D eigenvalue weighted by Crippen LogP contribution is -2.51. The van der Waals surface area contributed by atoms with Crippen molar-refractivity contribution in [2.24, 2.45) is 40.9 Å². The van der Waals surface area contributed by atoms with E-state index in [0.717, 1.165) is 50.4 Å². The van der Waals surface area contributed by atoms with Crippen molar-refractivity contribution in [3.8, 4) is 0 Å². The summed E-state index contributed by atoms with van der Waals surface area (Å²) in [6, 6.07) is 0. The van der Waals surface area contributed by atoms with Crippen molar-refractivity contribution in [1.82, 2.24) is 9.78 Å². The molecular weight excluding hydrogens is 394 g/mol. The number of rotatable bonds is 4. The van der Waals surface area contributed by atoms with Crippen molar-refractivity contribution in [2.75, 3.05) is 0 Å². The first-order valence-corrected chi connectivity index (χ1v) is 12.1. The minimum absolute atomic E-state index is 0.0338. The molecule has 0 amide bonds. The predicted molar refractivity (Wildman–Crippen MR) is 115 cm³/mol. The van der Waals surface area contributed by atoms with Crippen LogP contribution in [0.2, 0.25) is 0 Å². The fourth-order valence-electron chi connectivity index (χ4n) is 8.41. The van der Waals surface area contributed by atoms with Crippen LogP contribution in [-0.4, -0.2) is 31.2 Å². The Morgan fingerprint density at radius 3 is 2.68 bits per heavy atom. The Bertz CT molecular complexity index is 880. The summed E-state index contributed by atoms with van der Waals surface area (Å²) in [7, 11) is 0. The first kappa shape index (κ1) is 21.1. The second-order valence-corrected chi connectivity index (χ2v) is 11.5. The van der Waals surface area contributed by atoms with Gasteiger partial charge in [0.2, 0.25) is 0 Å². The maximum Gasteiger partial charge on any atom is 0.307 e. The predicted octanol–water partition coefficient (Wildman–Crippen LogP) is 4.38. The molecule has 0 aliphatic heterocycles. The van der Waals surface area contributed by atoms with Crippen LogP contribution < -0.4 is 0 Å². The van der Waals surface area contributed by atoms with Crippen molar-refractivity contribution in [1.29, 1.82) is 0 Å². The van der Waals surface area contributed by atoms with Crippen molar-refractivity contribution >= 4 is 11.5 Å². The maximum absolute atomic E-state index is 13.3. The smallest absolute Gasteiger partial charge is 0.307 e. The van der Waals surface area contributed by atoms with E-state index in [1.807, 2.05) is 6.92 Å². The van der Waals surface area contributed by atoms with Crippen molar-refractivity contribution in [3.63, 3.8) is 0 Å². The zero-order chi connectivity index (χ0) is 22.0. The number of aromatic nitrogens is 2. The fourth-order valence-corrected chi connectivity index (χ4v) is 8.41. The van der Waals surface area contributed by atoms with Crippen LogP contribution in [-0.2, 0) is 11.3 Å². The highest BCUT2D eigenvalue weighted by molar-refractivity contribution is 5.82. The summed E-state index contributed by atoms with van der Waals surface area (Å²) in [6.45, 7) is 4.48. The summed E-state index contributed by atoms with van der Waals surface area (Å²) in [5.41, 5.74) is -0.499. The minimum Gasteiger partial charge on any atom is -0.390 e. The van der Waals surface area contributed by atoms with Gasteiger partial charge in [0.15, 0.2) is 5.78 Å². The lowest BCUT2D eigenvalue weighted by atomic mass is 9.49. The fraction of sp³-hybridized carbons (Fsp3) is 0.833. The Labute approximate surface area is 183 Å². The van der Waals surface area contributed by atoms with E-state index in [-0.39, 0.29) is 29.3 Å². The number of Topliss-reactive ketones (excluding diaryl/α,β-unsaturated/α-hetero) is 1. The second-order valence-electron chi connectivity index (χ2n) is 11.5. The Balaban J connectivity index is 1.29. The highest BCUT2D eigenvalue weighted by atomic mass is 16.6. The number of carbonyl (C=O) groups is 1. The van der Waals surface area contributed by atoms with E-state index < -0.39 is 10.5 Å². The molecule has 0 spiro atoms. The van der Waals surface area contributed by atoms with Crippen LogP contribution in [0.15, 0.2) is 12.4 Å². The summed E-state index contributed by atoms with van der Waals surface area (Å²) in [5, 5.41) is 25.5. The molecule has 1 heterocycles. The molecule has 1 aromatic heterocycles. The van der Waals surface area contributed by atoms with Gasteiger partial charge in [-0.1, -0.05) is 6.92 Å². The Morgan fingerprint density at radius 2 is 1.94 bits per heavy atom. The van der Waals surface area contributed by atoms with Crippen molar-refractivity contribution < 1.29 is 14.8 Å². The summed E-state index contributed by atoms with van der Waals surface area (Å²) in [6.07, 6.45) is 12.5. The van der Waals surface area contributed by atoms with E-state index in [4.69, 9.17) is 0 Å². The number of nitro groups is 1. The molecule has 8 atom stereocenters. The molecule has 1 N–H and O–H groups in total. The van der Waals surface area contributed by atoms with Gasteiger partial charge in [-0.3, -0.25) is 19.6 Å². The number of hydrogen-bond acceptors (Lipinski definition) is 5. The standard InChI is InChI=1S/C24H35N3O4/c1-23(29)9-7-17-15(11-23)3-4-19-18(17)8-10-24(2)20(19)5-6-21(24)22(28)14-26-13-16(12-25-26)27(30)31/h12-13,15,17-21,29H,3-11,14H2,1-2H3/t15-,17+,18-,19-,20+,21-,23-,24+/m1/s1. The number of nitrogens with zero attached hydrogens (tertiary/aromatic N) is 3. The summed E-state index contributed by atoms with van der Waals surface area (Å²) >= 11 is 0. The highest BCUT2D eigenvalue weighted by Gasteiger charge is 2.58.